The van der Waals surface area contributed by atoms with Crippen molar-refractivity contribution in [3.63, 3.8) is 0 Å². The average molecular weight is 194 g/mol. The van der Waals surface area contributed by atoms with E-state index < -0.39 is 0 Å². The van der Waals surface area contributed by atoms with Crippen LogP contribution in [0.4, 0.5) is 0 Å². The summed E-state index contributed by atoms with van der Waals surface area (Å²) < 4.78 is 0. The van der Waals surface area contributed by atoms with Gasteiger partial charge in [-0.2, -0.15) is 0 Å². The molecule has 0 aliphatic rings. The summed E-state index contributed by atoms with van der Waals surface area (Å²) in [7, 11) is 0. The van der Waals surface area contributed by atoms with Crippen LogP contribution in [0.1, 0.15) is 16.7 Å². The predicted molar refractivity (Wildman–Crippen MR) is 57.4 cm³/mol. The molecule has 0 aliphatic heterocycles. The zero-order valence-corrected chi connectivity index (χ0v) is 9.07. The van der Waals surface area contributed by atoms with E-state index >= 15 is 0 Å². The Morgan fingerprint density at radius 1 is 1.23 bits per heavy atom. The molecular weight excluding hydrogens is 180 g/mol. The normalized spacial score (nSPS) is 10.1. The van der Waals surface area contributed by atoms with Gasteiger partial charge in [0.15, 0.2) is 0 Å². The Balaban J connectivity index is 2.98. The summed E-state index contributed by atoms with van der Waals surface area (Å²) in [5, 5.41) is 0. The summed E-state index contributed by atoms with van der Waals surface area (Å²) in [6.07, 6.45) is 0.948. The Bertz CT molecular complexity index is 295. The van der Waals surface area contributed by atoms with Crippen molar-refractivity contribution < 1.29 is 4.79 Å². The second-order valence-electron chi connectivity index (χ2n) is 3.21. The third kappa shape index (κ3) is 2.59. The number of hydrogen-bond donors (Lipinski definition) is 0. The minimum Gasteiger partial charge on any atom is -0.302 e. The van der Waals surface area contributed by atoms with Gasteiger partial charge in [-0.05, 0) is 31.9 Å². The highest BCUT2D eigenvalue weighted by Crippen LogP contribution is 2.26. The Kier molecular flexibility index (Phi) is 3.55. The van der Waals surface area contributed by atoms with E-state index in [0.717, 1.165) is 6.29 Å². The molecule has 0 radical (unpaired) electrons. The van der Waals surface area contributed by atoms with Gasteiger partial charge in [0, 0.05) is 4.90 Å². The molecule has 1 aromatic carbocycles. The first-order chi connectivity index (χ1) is 6.15. The van der Waals surface area contributed by atoms with Crippen molar-refractivity contribution in [3.8, 4) is 0 Å². The summed E-state index contributed by atoms with van der Waals surface area (Å²) in [5.74, 6) is 0.546. The van der Waals surface area contributed by atoms with Gasteiger partial charge in [-0.15, -0.1) is 11.8 Å². The molecule has 1 nitrogen and oxygen atoms in total. The zero-order valence-electron chi connectivity index (χ0n) is 8.26. The van der Waals surface area contributed by atoms with Gasteiger partial charge in [-0.3, -0.25) is 0 Å². The molecule has 2 heteroatoms. The Morgan fingerprint density at radius 3 is 2.23 bits per heavy atom. The molecule has 0 bridgehead atoms. The highest BCUT2D eigenvalue weighted by molar-refractivity contribution is 8.00. The van der Waals surface area contributed by atoms with Gasteiger partial charge in [0.2, 0.25) is 0 Å². The van der Waals surface area contributed by atoms with Crippen molar-refractivity contribution >= 4 is 18.0 Å². The van der Waals surface area contributed by atoms with Gasteiger partial charge < -0.3 is 4.79 Å². The van der Waals surface area contributed by atoms with Gasteiger partial charge in [0.25, 0.3) is 0 Å². The summed E-state index contributed by atoms with van der Waals surface area (Å²) >= 11 is 1.61. The topological polar surface area (TPSA) is 17.1 Å². The molecule has 70 valence electrons. The number of aryl methyl sites for hydroxylation is 3. The maximum Gasteiger partial charge on any atom is 0.130 e. The molecule has 0 saturated heterocycles. The number of benzene rings is 1. The van der Waals surface area contributed by atoms with Crippen molar-refractivity contribution in [2.45, 2.75) is 25.7 Å². The fraction of sp³-hybridized carbons (Fsp3) is 0.364. The first-order valence-electron chi connectivity index (χ1n) is 4.29. The van der Waals surface area contributed by atoms with Crippen molar-refractivity contribution in [1.82, 2.24) is 0 Å². The third-order valence-electron chi connectivity index (χ3n) is 1.90. The molecule has 0 aromatic heterocycles. The van der Waals surface area contributed by atoms with Crippen LogP contribution < -0.4 is 0 Å². The molecule has 0 spiro atoms. The van der Waals surface area contributed by atoms with Gasteiger partial charge in [-0.25, -0.2) is 0 Å². The van der Waals surface area contributed by atoms with Gasteiger partial charge in [0.1, 0.15) is 6.29 Å². The smallest absolute Gasteiger partial charge is 0.130 e. The van der Waals surface area contributed by atoms with Crippen LogP contribution in [-0.4, -0.2) is 12.0 Å². The van der Waals surface area contributed by atoms with Crippen LogP contribution in [0.15, 0.2) is 17.0 Å². The van der Waals surface area contributed by atoms with Crippen LogP contribution >= 0.6 is 11.8 Å². The highest BCUT2D eigenvalue weighted by atomic mass is 32.2. The number of hydrogen-bond acceptors (Lipinski definition) is 2. The number of thioether (sulfide) groups is 1. The molecule has 0 amide bonds. The lowest BCUT2D eigenvalue weighted by Gasteiger charge is -2.08. The fourth-order valence-electron chi connectivity index (χ4n) is 1.51. The molecule has 0 atom stereocenters. The lowest BCUT2D eigenvalue weighted by Crippen LogP contribution is -1.89. The van der Waals surface area contributed by atoms with E-state index in [2.05, 4.69) is 32.9 Å². The molecule has 0 unspecified atom stereocenters. The molecule has 1 aromatic rings. The second-order valence-corrected chi connectivity index (χ2v) is 4.24. The summed E-state index contributed by atoms with van der Waals surface area (Å²) in [6, 6.07) is 4.31. The number of rotatable bonds is 3. The molecule has 0 N–H and O–H groups in total. The number of carbonyl (C=O) groups excluding carboxylic acids is 1. The van der Waals surface area contributed by atoms with Crippen molar-refractivity contribution in [1.29, 1.82) is 0 Å². The van der Waals surface area contributed by atoms with Crippen LogP contribution in [-0.2, 0) is 4.79 Å². The molecule has 0 saturated carbocycles. The lowest BCUT2D eigenvalue weighted by atomic mass is 10.1. The summed E-state index contributed by atoms with van der Waals surface area (Å²) in [5.41, 5.74) is 3.82. The van der Waals surface area contributed by atoms with Crippen LogP contribution in [0.5, 0.6) is 0 Å². The van der Waals surface area contributed by atoms with Gasteiger partial charge in [-0.1, -0.05) is 17.7 Å². The number of carbonyl (C=O) groups is 1. The molecule has 0 fully saturated rings. The number of aldehydes is 1. The van der Waals surface area contributed by atoms with E-state index in [9.17, 15) is 4.79 Å². The fourth-order valence-corrected chi connectivity index (χ4v) is 2.32. The Morgan fingerprint density at radius 2 is 1.77 bits per heavy atom. The van der Waals surface area contributed by atoms with Crippen molar-refractivity contribution in [3.05, 3.63) is 28.8 Å². The zero-order chi connectivity index (χ0) is 9.84. The predicted octanol–water partition coefficient (Wildman–Crippen LogP) is 2.90. The largest absolute Gasteiger partial charge is 0.302 e. The van der Waals surface area contributed by atoms with Crippen molar-refractivity contribution in [2.24, 2.45) is 0 Å². The minimum atomic E-state index is 0.546. The Hall–Kier alpha value is -0.760. The van der Waals surface area contributed by atoms with Crippen LogP contribution in [0.3, 0.4) is 0 Å². The van der Waals surface area contributed by atoms with Gasteiger partial charge >= 0.3 is 0 Å². The van der Waals surface area contributed by atoms with E-state index in [1.807, 2.05) is 0 Å². The second kappa shape index (κ2) is 4.47. The van der Waals surface area contributed by atoms with E-state index in [-0.39, 0.29) is 0 Å². The Labute approximate surface area is 83.5 Å². The van der Waals surface area contributed by atoms with Crippen LogP contribution in [0, 0.1) is 20.8 Å². The maximum atomic E-state index is 10.2. The summed E-state index contributed by atoms with van der Waals surface area (Å²) in [6.45, 7) is 6.27. The molecule has 1 rings (SSSR count). The standard InChI is InChI=1S/C11H14OS/c1-8-6-9(2)11(10(3)7-8)13-5-4-12/h4,6-7H,5H2,1-3H3. The average Bonchev–Trinajstić information content (AvgIpc) is 2.02. The summed E-state index contributed by atoms with van der Waals surface area (Å²) in [4.78, 5) is 11.5. The first-order valence-corrected chi connectivity index (χ1v) is 5.28. The maximum absolute atomic E-state index is 10.2. The van der Waals surface area contributed by atoms with E-state index in [1.165, 1.54) is 21.6 Å². The van der Waals surface area contributed by atoms with Crippen LogP contribution in [0.25, 0.3) is 0 Å². The van der Waals surface area contributed by atoms with E-state index in [0.29, 0.717) is 5.75 Å². The molecule has 0 aliphatic carbocycles. The van der Waals surface area contributed by atoms with Crippen LogP contribution in [0.2, 0.25) is 0 Å². The monoisotopic (exact) mass is 194 g/mol. The molecular formula is C11H14OS. The molecule has 13 heavy (non-hydrogen) atoms. The quantitative estimate of drug-likeness (QED) is 0.543. The van der Waals surface area contributed by atoms with E-state index in [1.54, 1.807) is 11.8 Å². The van der Waals surface area contributed by atoms with E-state index in [4.69, 9.17) is 0 Å². The third-order valence-corrected chi connectivity index (χ3v) is 3.14. The SMILES string of the molecule is Cc1cc(C)c(SCC=O)c(C)c1. The first kappa shape index (κ1) is 10.3. The lowest BCUT2D eigenvalue weighted by molar-refractivity contribution is -0.105. The van der Waals surface area contributed by atoms with Gasteiger partial charge in [0.05, 0.1) is 5.75 Å². The van der Waals surface area contributed by atoms with Crippen molar-refractivity contribution in [2.75, 3.05) is 5.75 Å². The molecule has 0 heterocycles. The highest BCUT2D eigenvalue weighted by Gasteiger charge is 2.03. The minimum absolute atomic E-state index is 0.546.